The molecular weight excluding hydrogens is 240 g/mol. The van der Waals surface area contributed by atoms with Crippen molar-refractivity contribution in [1.29, 1.82) is 0 Å². The van der Waals surface area contributed by atoms with Gasteiger partial charge in [0, 0.05) is 5.56 Å². The summed E-state index contributed by atoms with van der Waals surface area (Å²) in [6.45, 7) is 0. The lowest BCUT2D eigenvalue weighted by Crippen LogP contribution is -2.09. The number of nitrogen functional groups attached to an aromatic ring is 1. The quantitative estimate of drug-likeness (QED) is 0.608. The monoisotopic (exact) mass is 247 g/mol. The molecule has 0 bridgehead atoms. The van der Waals surface area contributed by atoms with E-state index in [0.29, 0.717) is 6.07 Å². The molecule has 0 spiro atoms. The fourth-order valence-corrected chi connectivity index (χ4v) is 1.26. The van der Waals surface area contributed by atoms with Crippen LogP contribution in [-0.4, -0.2) is 21.0 Å². The van der Waals surface area contributed by atoms with E-state index in [0.717, 1.165) is 0 Å². The van der Waals surface area contributed by atoms with Crippen LogP contribution in [0.1, 0.15) is 17.7 Å². The van der Waals surface area contributed by atoms with Gasteiger partial charge in [0.1, 0.15) is 5.69 Å². The molecule has 92 valence electrons. The fraction of sp³-hybridized carbons (Fsp3) is 0.250. The number of aromatic nitrogens is 1. The molecule has 3 N–H and O–H groups in total. The number of nitrogens with zero attached hydrogens (tertiary/aromatic N) is 2. The van der Waals surface area contributed by atoms with Crippen molar-refractivity contribution < 1.29 is 23.6 Å². The maximum Gasteiger partial charge on any atom is 0.314 e. The highest BCUT2D eigenvalue weighted by Crippen LogP contribution is 2.29. The number of anilines is 1. The Bertz CT molecular complexity index is 478. The van der Waals surface area contributed by atoms with Crippen LogP contribution in [0.15, 0.2) is 6.07 Å². The maximum atomic E-state index is 12.4. The van der Waals surface area contributed by atoms with E-state index in [1.165, 1.54) is 0 Å². The van der Waals surface area contributed by atoms with Crippen LogP contribution >= 0.6 is 0 Å². The molecule has 0 radical (unpaired) electrons. The first-order valence-electron chi connectivity index (χ1n) is 4.26. The minimum absolute atomic E-state index is 0.398. The number of carboxylic acids is 1. The molecule has 1 rings (SSSR count). The van der Waals surface area contributed by atoms with E-state index >= 15 is 0 Å². The number of rotatable bonds is 4. The normalized spacial score (nSPS) is 10.5. The van der Waals surface area contributed by atoms with E-state index < -0.39 is 46.5 Å². The Balaban J connectivity index is 3.38. The summed E-state index contributed by atoms with van der Waals surface area (Å²) in [5.41, 5.74) is 3.22. The van der Waals surface area contributed by atoms with Crippen LogP contribution in [0.4, 0.5) is 20.3 Å². The van der Waals surface area contributed by atoms with Gasteiger partial charge in [0.25, 0.3) is 6.43 Å². The van der Waals surface area contributed by atoms with Gasteiger partial charge in [-0.2, -0.15) is 0 Å². The zero-order chi connectivity index (χ0) is 13.2. The largest absolute Gasteiger partial charge is 0.481 e. The zero-order valence-corrected chi connectivity index (χ0v) is 8.26. The predicted octanol–water partition coefficient (Wildman–Crippen LogP) is 1.14. The summed E-state index contributed by atoms with van der Waals surface area (Å²) in [6, 6.07) is 0.674. The highest BCUT2D eigenvalue weighted by molar-refractivity contribution is 5.74. The molecule has 1 heterocycles. The average Bonchev–Trinajstić information content (AvgIpc) is 2.14. The first kappa shape index (κ1) is 12.7. The van der Waals surface area contributed by atoms with E-state index in [4.69, 9.17) is 10.8 Å². The van der Waals surface area contributed by atoms with Crippen LogP contribution in [0.25, 0.3) is 0 Å². The summed E-state index contributed by atoms with van der Waals surface area (Å²) in [6.07, 6.45) is -3.76. The number of pyridine rings is 1. The molecule has 17 heavy (non-hydrogen) atoms. The van der Waals surface area contributed by atoms with Gasteiger partial charge in [-0.15, -0.1) is 0 Å². The van der Waals surface area contributed by atoms with Crippen LogP contribution < -0.4 is 5.73 Å². The predicted molar refractivity (Wildman–Crippen MR) is 51.6 cm³/mol. The Morgan fingerprint density at radius 3 is 2.65 bits per heavy atom. The van der Waals surface area contributed by atoms with Gasteiger partial charge in [-0.05, 0) is 6.07 Å². The smallest absolute Gasteiger partial charge is 0.314 e. The van der Waals surface area contributed by atoms with Crippen molar-refractivity contribution in [1.82, 2.24) is 4.98 Å². The molecule has 9 heteroatoms. The van der Waals surface area contributed by atoms with Gasteiger partial charge in [-0.1, -0.05) is 0 Å². The van der Waals surface area contributed by atoms with Gasteiger partial charge in [0.05, 0.1) is 11.3 Å². The Morgan fingerprint density at radius 1 is 1.65 bits per heavy atom. The van der Waals surface area contributed by atoms with Crippen LogP contribution in [-0.2, 0) is 11.2 Å². The third kappa shape index (κ3) is 2.83. The zero-order valence-electron chi connectivity index (χ0n) is 8.26. The topological polar surface area (TPSA) is 119 Å². The summed E-state index contributed by atoms with van der Waals surface area (Å²) in [4.78, 5) is 23.3. The first-order valence-corrected chi connectivity index (χ1v) is 4.26. The molecule has 0 saturated carbocycles. The summed E-state index contributed by atoms with van der Waals surface area (Å²) >= 11 is 0. The van der Waals surface area contributed by atoms with Crippen LogP contribution in [0.2, 0.25) is 0 Å². The summed E-state index contributed by atoms with van der Waals surface area (Å²) in [5.74, 6) is -2.11. The molecule has 0 aromatic carbocycles. The van der Waals surface area contributed by atoms with E-state index in [9.17, 15) is 23.7 Å². The van der Waals surface area contributed by atoms with Crippen molar-refractivity contribution in [2.75, 3.05) is 5.73 Å². The Morgan fingerprint density at radius 2 is 2.24 bits per heavy atom. The average molecular weight is 247 g/mol. The number of hydrogen-bond acceptors (Lipinski definition) is 5. The van der Waals surface area contributed by atoms with Crippen molar-refractivity contribution in [3.05, 3.63) is 27.4 Å². The first-order chi connectivity index (χ1) is 7.82. The highest BCUT2D eigenvalue weighted by atomic mass is 19.3. The molecule has 0 fully saturated rings. The summed E-state index contributed by atoms with van der Waals surface area (Å²) < 4.78 is 24.7. The molecule has 0 aliphatic carbocycles. The molecule has 7 nitrogen and oxygen atoms in total. The van der Waals surface area contributed by atoms with Crippen molar-refractivity contribution in [3.63, 3.8) is 0 Å². The van der Waals surface area contributed by atoms with E-state index in [1.54, 1.807) is 0 Å². The van der Waals surface area contributed by atoms with Gasteiger partial charge >= 0.3 is 11.7 Å². The van der Waals surface area contributed by atoms with Crippen LogP contribution in [0, 0.1) is 10.1 Å². The number of nitrogens with two attached hydrogens (primary N) is 1. The minimum Gasteiger partial charge on any atom is -0.481 e. The van der Waals surface area contributed by atoms with Crippen molar-refractivity contribution in [2.45, 2.75) is 12.8 Å². The second kappa shape index (κ2) is 4.68. The molecule has 1 aromatic heterocycles. The Labute approximate surface area is 93.0 Å². The van der Waals surface area contributed by atoms with E-state index in [-0.39, 0.29) is 0 Å². The lowest BCUT2D eigenvalue weighted by Gasteiger charge is -2.06. The van der Waals surface area contributed by atoms with Crippen LogP contribution in [0.5, 0.6) is 0 Å². The maximum absolute atomic E-state index is 12.4. The number of hydrogen-bond donors (Lipinski definition) is 2. The van der Waals surface area contributed by atoms with Gasteiger partial charge < -0.3 is 10.8 Å². The SMILES string of the molecule is Nc1nc(C(F)F)cc(CC(=O)O)c1[N+](=O)[O-]. The molecule has 0 aliphatic heterocycles. The van der Waals surface area contributed by atoms with Gasteiger partial charge in [0.15, 0.2) is 0 Å². The minimum atomic E-state index is -2.98. The summed E-state index contributed by atoms with van der Waals surface area (Å²) in [7, 11) is 0. The second-order valence-corrected chi connectivity index (χ2v) is 3.07. The Hall–Kier alpha value is -2.32. The summed E-state index contributed by atoms with van der Waals surface area (Å²) in [5, 5.41) is 19.1. The van der Waals surface area contributed by atoms with Gasteiger partial charge in [-0.25, -0.2) is 13.8 Å². The third-order valence-electron chi connectivity index (χ3n) is 1.87. The van der Waals surface area contributed by atoms with Crippen molar-refractivity contribution in [3.8, 4) is 0 Å². The lowest BCUT2D eigenvalue weighted by atomic mass is 10.1. The Kier molecular flexibility index (Phi) is 3.51. The van der Waals surface area contributed by atoms with Crippen LogP contribution in [0.3, 0.4) is 0 Å². The number of carboxylic acid groups (broad SMARTS) is 1. The second-order valence-electron chi connectivity index (χ2n) is 3.07. The third-order valence-corrected chi connectivity index (χ3v) is 1.87. The molecule has 1 aromatic rings. The molecule has 0 unspecified atom stereocenters. The standard InChI is InChI=1S/C8H7F2N3O4/c9-7(10)4-1-3(2-5(14)15)6(13(16)17)8(11)12-4/h1,7H,2H2,(H2,11,12)(H,14,15). The van der Waals surface area contributed by atoms with Crippen molar-refractivity contribution >= 4 is 17.5 Å². The van der Waals surface area contributed by atoms with E-state index in [1.807, 2.05) is 0 Å². The van der Waals surface area contributed by atoms with E-state index in [2.05, 4.69) is 4.98 Å². The molecule has 0 atom stereocenters. The van der Waals surface area contributed by atoms with Gasteiger partial charge in [0.2, 0.25) is 5.82 Å². The highest BCUT2D eigenvalue weighted by Gasteiger charge is 2.25. The fourth-order valence-electron chi connectivity index (χ4n) is 1.26. The molecule has 0 aliphatic rings. The van der Waals surface area contributed by atoms with Crippen molar-refractivity contribution in [2.24, 2.45) is 0 Å². The lowest BCUT2D eigenvalue weighted by molar-refractivity contribution is -0.384. The molecular formula is C8H7F2N3O4. The number of carbonyl (C=O) groups is 1. The number of aliphatic carboxylic acids is 1. The number of alkyl halides is 2. The molecule has 0 amide bonds. The molecule has 0 saturated heterocycles. The number of halogens is 2. The number of nitro groups is 1. The van der Waals surface area contributed by atoms with Gasteiger partial charge in [-0.3, -0.25) is 14.9 Å².